The van der Waals surface area contributed by atoms with Gasteiger partial charge in [0.05, 0.1) is 5.41 Å². The van der Waals surface area contributed by atoms with E-state index in [0.717, 1.165) is 0 Å². The second kappa shape index (κ2) is 22.6. The van der Waals surface area contributed by atoms with Crippen molar-refractivity contribution in [1.82, 2.24) is 0 Å². The summed E-state index contributed by atoms with van der Waals surface area (Å²) < 4.78 is 0. The second-order valence-electron chi connectivity index (χ2n) is 39.3. The normalized spacial score (nSPS) is 14.5. The average molecular weight is 1170 g/mol. The highest BCUT2D eigenvalue weighted by Crippen LogP contribution is 2.68. The molecule has 0 fully saturated rings. The van der Waals surface area contributed by atoms with Gasteiger partial charge in [0.1, 0.15) is 0 Å². The van der Waals surface area contributed by atoms with Crippen LogP contribution in [0.2, 0.25) is 0 Å². The van der Waals surface area contributed by atoms with Crippen LogP contribution in [0.4, 0.5) is 0 Å². The van der Waals surface area contributed by atoms with Gasteiger partial charge in [-0.05, 0) is 184 Å². The minimum atomic E-state index is -1.08. The molecule has 474 valence electrons. The van der Waals surface area contributed by atoms with Crippen molar-refractivity contribution in [3.05, 3.63) is 209 Å². The molecule has 0 bridgehead atoms. The summed E-state index contributed by atoms with van der Waals surface area (Å²) >= 11 is 0. The molecular formula is C87H126. The lowest BCUT2D eigenvalue weighted by molar-refractivity contribution is 0.315. The Bertz CT molecular complexity index is 3010. The Morgan fingerprint density at radius 2 is 0.391 bits per heavy atom. The molecule has 0 heterocycles. The van der Waals surface area contributed by atoms with Crippen LogP contribution in [0.3, 0.4) is 0 Å². The fourth-order valence-electron chi connectivity index (χ4n) is 14.2. The standard InChI is InChI=1S/C87H126/c1-74(2,3)58-47-63(78(13,14)15)62(64(48-58)79(16,17)18)55-86(56-43-39-37-40-44-56,57-45-41-38-42-46-57)87(71-65(80(19,20)21)49-59(75(4,5)6)50-66(71)81(22,23)24,72-67(82(25,26)27)51-60(76(7,8)9)52-68(72)83(28,29)30)73-69(84(31,32)33)53-61(77(10,11)12)54-70(73)85(34,35)36/h39-54H,55H2,1-36H3. The van der Waals surface area contributed by atoms with Gasteiger partial charge in [-0.1, -0.05) is 346 Å². The van der Waals surface area contributed by atoms with E-state index in [2.05, 4.69) is 358 Å². The third kappa shape index (κ3) is 14.0. The van der Waals surface area contributed by atoms with Crippen LogP contribution in [0.1, 0.15) is 349 Å². The van der Waals surface area contributed by atoms with E-state index in [9.17, 15) is 0 Å². The molecule has 6 aromatic carbocycles. The van der Waals surface area contributed by atoms with Crippen molar-refractivity contribution in [2.75, 3.05) is 0 Å². The molecule has 0 saturated heterocycles. The van der Waals surface area contributed by atoms with Crippen LogP contribution in [-0.2, 0) is 82.2 Å². The highest BCUT2D eigenvalue weighted by atomic mass is 14.7. The summed E-state index contributed by atoms with van der Waals surface area (Å²) in [5.74, 6) is 0. The minimum absolute atomic E-state index is 0.0992. The monoisotopic (exact) mass is 1170 g/mol. The van der Waals surface area contributed by atoms with Crippen molar-refractivity contribution in [3.8, 4) is 0 Å². The molecular weight excluding hydrogens is 1040 g/mol. The Morgan fingerprint density at radius 3 is 0.552 bits per heavy atom. The Hall–Kier alpha value is -4.68. The van der Waals surface area contributed by atoms with Crippen molar-refractivity contribution in [3.63, 3.8) is 0 Å². The largest absolute Gasteiger partial charge is 0.0608 e. The van der Waals surface area contributed by atoms with Crippen molar-refractivity contribution < 1.29 is 0 Å². The summed E-state index contributed by atoms with van der Waals surface area (Å²) in [6.45, 7) is 89.6. The predicted octanol–water partition coefficient (Wildman–Crippen LogP) is 24.4. The van der Waals surface area contributed by atoms with Crippen LogP contribution in [-0.4, -0.2) is 0 Å². The van der Waals surface area contributed by atoms with E-state index in [-0.39, 0.29) is 65.0 Å². The summed E-state index contributed by atoms with van der Waals surface area (Å²) in [7, 11) is 0. The van der Waals surface area contributed by atoms with Gasteiger partial charge in [-0.15, -0.1) is 0 Å². The molecule has 0 saturated carbocycles. The van der Waals surface area contributed by atoms with Gasteiger partial charge in [-0.2, -0.15) is 0 Å². The van der Waals surface area contributed by atoms with E-state index < -0.39 is 10.8 Å². The van der Waals surface area contributed by atoms with Crippen LogP contribution >= 0.6 is 0 Å². The maximum atomic E-state index is 3.67. The van der Waals surface area contributed by atoms with Gasteiger partial charge in [0.2, 0.25) is 0 Å². The van der Waals surface area contributed by atoms with E-state index in [1.165, 1.54) is 100 Å². The molecule has 6 rings (SSSR count). The van der Waals surface area contributed by atoms with Crippen LogP contribution < -0.4 is 0 Å². The van der Waals surface area contributed by atoms with E-state index in [1.807, 2.05) is 0 Å². The Kier molecular flexibility index (Phi) is 18.6. The van der Waals surface area contributed by atoms with Gasteiger partial charge in [0, 0.05) is 5.41 Å². The zero-order valence-electron chi connectivity index (χ0n) is 62.9. The zero-order valence-corrected chi connectivity index (χ0v) is 62.9. The predicted molar refractivity (Wildman–Crippen MR) is 385 cm³/mol. The fourth-order valence-corrected chi connectivity index (χ4v) is 14.2. The SMILES string of the molecule is CC(C)(C)c1cc(C(C)(C)C)c(CC(c2cc[c]cc2)(c2cc[c]cc2)C(c2c(C(C)(C)C)cc(C(C)(C)C)cc2C(C)(C)C)(c2c(C(C)(C)C)cc(C(C)(C)C)cc2C(C)(C)C)c2c(C(C)(C)C)cc(C(C)(C)C)cc2C(C)(C)C)c(C(C)(C)C)c1. The van der Waals surface area contributed by atoms with Gasteiger partial charge >= 0.3 is 0 Å². The molecule has 0 aliphatic carbocycles. The summed E-state index contributed by atoms with van der Waals surface area (Å²) in [6, 6.07) is 47.9. The topological polar surface area (TPSA) is 0 Å². The van der Waals surface area contributed by atoms with Crippen molar-refractivity contribution in [1.29, 1.82) is 0 Å². The molecule has 0 spiro atoms. The van der Waals surface area contributed by atoms with Crippen molar-refractivity contribution >= 4 is 0 Å². The Labute approximate surface area is 537 Å². The molecule has 0 nitrogen and oxygen atoms in total. The lowest BCUT2D eigenvalue weighted by Crippen LogP contribution is -2.58. The lowest BCUT2D eigenvalue weighted by Gasteiger charge is -2.60. The van der Waals surface area contributed by atoms with E-state index >= 15 is 0 Å². The number of rotatable bonds is 8. The maximum absolute atomic E-state index is 3.67. The molecule has 0 atom stereocenters. The highest BCUT2D eigenvalue weighted by Gasteiger charge is 2.64. The molecule has 0 amide bonds. The van der Waals surface area contributed by atoms with E-state index in [4.69, 9.17) is 0 Å². The first-order chi connectivity index (χ1) is 38.8. The van der Waals surface area contributed by atoms with Crippen LogP contribution in [0, 0.1) is 12.1 Å². The molecule has 0 aliphatic rings. The summed E-state index contributed by atoms with van der Waals surface area (Å²) in [5.41, 5.74) is 19.8. The average Bonchev–Trinajstić information content (AvgIpc) is 0.658. The molecule has 0 aliphatic heterocycles. The van der Waals surface area contributed by atoms with E-state index in [0.29, 0.717) is 6.42 Å². The van der Waals surface area contributed by atoms with Gasteiger partial charge in [-0.25, -0.2) is 0 Å². The maximum Gasteiger partial charge on any atom is 0.0608 e. The quantitative estimate of drug-likeness (QED) is 0.133. The molecule has 0 unspecified atom stereocenters. The Morgan fingerprint density at radius 1 is 0.218 bits per heavy atom. The summed E-state index contributed by atoms with van der Waals surface area (Å²) in [5, 5.41) is 0. The van der Waals surface area contributed by atoms with Gasteiger partial charge in [-0.3, -0.25) is 0 Å². The van der Waals surface area contributed by atoms with Crippen LogP contribution in [0.5, 0.6) is 0 Å². The molecule has 0 N–H and O–H groups in total. The number of benzene rings is 6. The van der Waals surface area contributed by atoms with Gasteiger partial charge in [0.25, 0.3) is 0 Å². The third-order valence-electron chi connectivity index (χ3n) is 19.2. The fraction of sp³-hybridized carbons (Fsp3) is 0.586. The minimum Gasteiger partial charge on any atom is -0.0574 e. The van der Waals surface area contributed by atoms with Gasteiger partial charge in [0.15, 0.2) is 0 Å². The molecule has 0 heteroatoms. The number of hydrogen-bond acceptors (Lipinski definition) is 0. The van der Waals surface area contributed by atoms with Crippen molar-refractivity contribution in [2.45, 2.75) is 331 Å². The Balaban J connectivity index is 2.51. The van der Waals surface area contributed by atoms with Crippen LogP contribution in [0.15, 0.2) is 97.1 Å². The lowest BCUT2D eigenvalue weighted by atomic mass is 9.41. The highest BCUT2D eigenvalue weighted by molar-refractivity contribution is 5.76. The first-order valence-electron chi connectivity index (χ1n) is 33.5. The smallest absolute Gasteiger partial charge is 0.0574 e. The third-order valence-corrected chi connectivity index (χ3v) is 19.2. The molecule has 0 aromatic heterocycles. The van der Waals surface area contributed by atoms with Gasteiger partial charge < -0.3 is 0 Å². The first-order valence-corrected chi connectivity index (χ1v) is 33.5. The zero-order chi connectivity index (χ0) is 66.8. The second-order valence-corrected chi connectivity index (χ2v) is 39.3. The molecule has 87 heavy (non-hydrogen) atoms. The summed E-state index contributed by atoms with van der Waals surface area (Å²) in [6.07, 6.45) is 0.682. The van der Waals surface area contributed by atoms with Crippen LogP contribution in [0.25, 0.3) is 0 Å². The molecule has 6 aromatic rings. The number of hydrogen-bond donors (Lipinski definition) is 0. The first kappa shape index (κ1) is 71.4. The summed E-state index contributed by atoms with van der Waals surface area (Å²) in [4.78, 5) is 0. The molecule has 2 radical (unpaired) electrons. The van der Waals surface area contributed by atoms with E-state index in [1.54, 1.807) is 0 Å². The van der Waals surface area contributed by atoms with Crippen molar-refractivity contribution in [2.24, 2.45) is 0 Å².